The number of ether oxygens (including phenoxy) is 1. The highest BCUT2D eigenvalue weighted by atomic mass is 16.5. The second kappa shape index (κ2) is 7.45. The van der Waals surface area contributed by atoms with Gasteiger partial charge in [-0.1, -0.05) is 0 Å². The van der Waals surface area contributed by atoms with Crippen LogP contribution < -0.4 is 16.4 Å². The van der Waals surface area contributed by atoms with E-state index in [4.69, 9.17) is 10.5 Å². The van der Waals surface area contributed by atoms with Crippen molar-refractivity contribution in [3.8, 4) is 0 Å². The second-order valence-electron chi connectivity index (χ2n) is 3.50. The van der Waals surface area contributed by atoms with E-state index < -0.39 is 0 Å². The maximum Gasteiger partial charge on any atom is 0.245 e. The molecule has 1 aromatic rings. The van der Waals surface area contributed by atoms with Crippen molar-refractivity contribution in [3.63, 3.8) is 0 Å². The van der Waals surface area contributed by atoms with Gasteiger partial charge in [0.1, 0.15) is 12.4 Å². The molecule has 0 aromatic carbocycles. The number of methoxy groups -OCH3 is 1. The van der Waals surface area contributed by atoms with Gasteiger partial charge in [0.05, 0.1) is 5.69 Å². The maximum atomic E-state index is 11.0. The van der Waals surface area contributed by atoms with Crippen LogP contribution in [0.3, 0.4) is 0 Å². The van der Waals surface area contributed by atoms with Gasteiger partial charge in [0.2, 0.25) is 5.91 Å². The van der Waals surface area contributed by atoms with Gasteiger partial charge in [0.15, 0.2) is 0 Å². The summed E-state index contributed by atoms with van der Waals surface area (Å²) in [6, 6.07) is 3.57. The van der Waals surface area contributed by atoms with E-state index >= 15 is 0 Å². The Bertz CT molecular complexity index is 357. The molecular formula is C11H18N4O2. The van der Waals surface area contributed by atoms with Crippen LogP contribution in [0.1, 0.15) is 6.42 Å². The summed E-state index contributed by atoms with van der Waals surface area (Å²) in [5, 5.41) is 5.83. The topological polar surface area (TPSA) is 89.3 Å². The van der Waals surface area contributed by atoms with Crippen LogP contribution in [0.25, 0.3) is 0 Å². The van der Waals surface area contributed by atoms with Crippen molar-refractivity contribution in [2.45, 2.75) is 6.42 Å². The zero-order valence-corrected chi connectivity index (χ0v) is 9.90. The third-order valence-corrected chi connectivity index (χ3v) is 2.08. The standard InChI is InChI=1S/C11H18N4O2/c1-17-8-10(16)13-6-3-7-15-11-9(12)4-2-5-14-11/h2,4-5H,3,6-8,12H2,1H3,(H,13,16)(H,14,15). The number of hydrogen-bond acceptors (Lipinski definition) is 5. The number of nitrogens with two attached hydrogens (primary N) is 1. The minimum atomic E-state index is -0.107. The van der Waals surface area contributed by atoms with Crippen LogP contribution in [0.2, 0.25) is 0 Å². The largest absolute Gasteiger partial charge is 0.396 e. The Balaban J connectivity index is 2.13. The van der Waals surface area contributed by atoms with Gasteiger partial charge in [-0.15, -0.1) is 0 Å². The van der Waals surface area contributed by atoms with E-state index in [1.807, 2.05) is 0 Å². The third kappa shape index (κ3) is 5.17. The maximum absolute atomic E-state index is 11.0. The van der Waals surface area contributed by atoms with Gasteiger partial charge < -0.3 is 21.1 Å². The lowest BCUT2D eigenvalue weighted by atomic mass is 10.3. The Labute approximate surface area is 101 Å². The zero-order valence-electron chi connectivity index (χ0n) is 9.90. The minimum Gasteiger partial charge on any atom is -0.396 e. The summed E-state index contributed by atoms with van der Waals surface area (Å²) < 4.78 is 4.69. The quantitative estimate of drug-likeness (QED) is 0.592. The van der Waals surface area contributed by atoms with Gasteiger partial charge in [0, 0.05) is 26.4 Å². The highest BCUT2D eigenvalue weighted by Gasteiger charge is 1.99. The molecule has 0 atom stereocenters. The number of carbonyl (C=O) groups is 1. The number of aromatic nitrogens is 1. The van der Waals surface area contributed by atoms with E-state index in [2.05, 4.69) is 15.6 Å². The smallest absolute Gasteiger partial charge is 0.245 e. The highest BCUT2D eigenvalue weighted by molar-refractivity contribution is 5.77. The molecule has 6 heteroatoms. The number of nitrogens with one attached hydrogen (secondary N) is 2. The normalized spacial score (nSPS) is 9.94. The van der Waals surface area contributed by atoms with E-state index in [-0.39, 0.29) is 12.5 Å². The number of carbonyl (C=O) groups excluding carboxylic acids is 1. The highest BCUT2D eigenvalue weighted by Crippen LogP contribution is 2.12. The number of anilines is 2. The van der Waals surface area contributed by atoms with Crippen LogP contribution in [0.4, 0.5) is 11.5 Å². The SMILES string of the molecule is COCC(=O)NCCCNc1ncccc1N. The first-order chi connectivity index (χ1) is 8.24. The van der Waals surface area contributed by atoms with E-state index in [9.17, 15) is 4.79 Å². The van der Waals surface area contributed by atoms with Crippen molar-refractivity contribution in [1.29, 1.82) is 0 Å². The Morgan fingerprint density at radius 1 is 1.53 bits per heavy atom. The molecule has 17 heavy (non-hydrogen) atoms. The van der Waals surface area contributed by atoms with Gasteiger partial charge >= 0.3 is 0 Å². The Morgan fingerprint density at radius 3 is 3.06 bits per heavy atom. The van der Waals surface area contributed by atoms with E-state index in [1.54, 1.807) is 18.3 Å². The van der Waals surface area contributed by atoms with Crippen molar-refractivity contribution in [3.05, 3.63) is 18.3 Å². The molecule has 0 aliphatic heterocycles. The van der Waals surface area contributed by atoms with E-state index in [0.29, 0.717) is 24.6 Å². The van der Waals surface area contributed by atoms with Crippen molar-refractivity contribution in [1.82, 2.24) is 10.3 Å². The molecule has 0 unspecified atom stereocenters. The van der Waals surface area contributed by atoms with Gasteiger partial charge in [-0.05, 0) is 18.6 Å². The Hall–Kier alpha value is -1.82. The molecule has 1 heterocycles. The molecule has 1 rings (SSSR count). The van der Waals surface area contributed by atoms with Gasteiger partial charge in [-0.25, -0.2) is 4.98 Å². The summed E-state index contributed by atoms with van der Waals surface area (Å²) in [4.78, 5) is 15.1. The number of pyridine rings is 1. The lowest BCUT2D eigenvalue weighted by Gasteiger charge is -2.08. The van der Waals surface area contributed by atoms with Crippen molar-refractivity contribution in [2.75, 3.05) is 37.9 Å². The minimum absolute atomic E-state index is 0.0978. The van der Waals surface area contributed by atoms with Crippen LogP contribution in [0.15, 0.2) is 18.3 Å². The predicted molar refractivity (Wildman–Crippen MR) is 66.6 cm³/mol. The van der Waals surface area contributed by atoms with E-state index in [0.717, 1.165) is 6.42 Å². The van der Waals surface area contributed by atoms with Crippen molar-refractivity contribution >= 4 is 17.4 Å². The van der Waals surface area contributed by atoms with Crippen LogP contribution in [0, 0.1) is 0 Å². The van der Waals surface area contributed by atoms with E-state index in [1.165, 1.54) is 7.11 Å². The van der Waals surface area contributed by atoms with Gasteiger partial charge in [-0.2, -0.15) is 0 Å². The average molecular weight is 238 g/mol. The van der Waals surface area contributed by atoms with Crippen molar-refractivity contribution in [2.24, 2.45) is 0 Å². The fraction of sp³-hybridized carbons (Fsp3) is 0.455. The molecule has 4 N–H and O–H groups in total. The summed E-state index contributed by atoms with van der Waals surface area (Å²) in [7, 11) is 1.49. The lowest BCUT2D eigenvalue weighted by Crippen LogP contribution is -2.29. The Kier molecular flexibility index (Phi) is 5.81. The predicted octanol–water partition coefficient (Wildman–Crippen LogP) is 0.228. The van der Waals surface area contributed by atoms with Gasteiger partial charge in [0.25, 0.3) is 0 Å². The van der Waals surface area contributed by atoms with Crippen LogP contribution >= 0.6 is 0 Å². The molecule has 0 aliphatic carbocycles. The molecule has 1 amide bonds. The first-order valence-electron chi connectivity index (χ1n) is 5.44. The second-order valence-corrected chi connectivity index (χ2v) is 3.50. The Morgan fingerprint density at radius 2 is 2.35 bits per heavy atom. The molecule has 0 radical (unpaired) electrons. The zero-order chi connectivity index (χ0) is 12.5. The third-order valence-electron chi connectivity index (χ3n) is 2.08. The summed E-state index contributed by atoms with van der Waals surface area (Å²) >= 11 is 0. The van der Waals surface area contributed by atoms with Gasteiger partial charge in [-0.3, -0.25) is 4.79 Å². The molecule has 0 saturated carbocycles. The average Bonchev–Trinajstić information content (AvgIpc) is 2.31. The molecular weight excluding hydrogens is 220 g/mol. The number of rotatable bonds is 7. The fourth-order valence-corrected chi connectivity index (χ4v) is 1.27. The summed E-state index contributed by atoms with van der Waals surface area (Å²) in [5.74, 6) is 0.570. The molecule has 0 aliphatic rings. The van der Waals surface area contributed by atoms with Crippen molar-refractivity contribution < 1.29 is 9.53 Å². The number of amides is 1. The molecule has 0 bridgehead atoms. The number of nitrogen functional groups attached to an aromatic ring is 1. The summed E-state index contributed by atoms with van der Waals surface area (Å²) in [6.07, 6.45) is 2.48. The molecule has 94 valence electrons. The summed E-state index contributed by atoms with van der Waals surface area (Å²) in [6.45, 7) is 1.40. The van der Waals surface area contributed by atoms with Crippen LogP contribution in [0.5, 0.6) is 0 Å². The molecule has 6 nitrogen and oxygen atoms in total. The number of hydrogen-bond donors (Lipinski definition) is 3. The number of nitrogens with zero attached hydrogens (tertiary/aromatic N) is 1. The molecule has 1 aromatic heterocycles. The molecule has 0 spiro atoms. The first-order valence-corrected chi connectivity index (χ1v) is 5.44. The first kappa shape index (κ1) is 13.2. The van der Waals surface area contributed by atoms with Crippen LogP contribution in [-0.2, 0) is 9.53 Å². The monoisotopic (exact) mass is 238 g/mol. The molecule has 0 saturated heterocycles. The molecule has 0 fully saturated rings. The fourth-order valence-electron chi connectivity index (χ4n) is 1.27. The summed E-state index contributed by atoms with van der Waals surface area (Å²) in [5.41, 5.74) is 6.33. The van der Waals surface area contributed by atoms with Crippen LogP contribution in [-0.4, -0.2) is 37.7 Å². The lowest BCUT2D eigenvalue weighted by molar-refractivity contribution is -0.124.